The summed E-state index contributed by atoms with van der Waals surface area (Å²) >= 11 is 1.51. The number of benzene rings is 1. The quantitative estimate of drug-likeness (QED) is 0.835. The maximum Gasteiger partial charge on any atom is 0.232 e. The molecule has 0 unspecified atom stereocenters. The van der Waals surface area contributed by atoms with Crippen LogP contribution in [0.5, 0.6) is 5.75 Å². The fourth-order valence-electron chi connectivity index (χ4n) is 1.87. The highest BCUT2D eigenvalue weighted by atomic mass is 35.5. The normalized spacial score (nSPS) is 15.5. The van der Waals surface area contributed by atoms with Crippen molar-refractivity contribution in [3.63, 3.8) is 0 Å². The second-order valence-electron chi connectivity index (χ2n) is 4.27. The Hall–Kier alpha value is -0.910. The second-order valence-corrected chi connectivity index (χ2v) is 5.32. The largest absolute Gasteiger partial charge is 0.508 e. The summed E-state index contributed by atoms with van der Waals surface area (Å²) in [6.45, 7) is 3.53. The number of rotatable bonds is 3. The summed E-state index contributed by atoms with van der Waals surface area (Å²) in [4.78, 5) is 15.0. The number of phenolic OH excluding ortho intramolecular Hbond substituents is 1. The van der Waals surface area contributed by atoms with Crippen LogP contribution in [0.15, 0.2) is 29.2 Å². The molecular formula is C13H19ClN2O2S. The summed E-state index contributed by atoms with van der Waals surface area (Å²) < 4.78 is 0. The Labute approximate surface area is 124 Å². The second kappa shape index (κ2) is 8.30. The topological polar surface area (TPSA) is 52.6 Å². The van der Waals surface area contributed by atoms with E-state index < -0.39 is 0 Å². The maximum atomic E-state index is 12.0. The Bertz CT molecular complexity index is 392. The van der Waals surface area contributed by atoms with Crippen LogP contribution in [0.4, 0.5) is 0 Å². The number of amides is 1. The van der Waals surface area contributed by atoms with Gasteiger partial charge in [0, 0.05) is 24.5 Å². The van der Waals surface area contributed by atoms with Crippen molar-refractivity contribution in [1.29, 1.82) is 0 Å². The first-order chi connectivity index (χ1) is 8.75. The molecule has 1 amide bonds. The lowest BCUT2D eigenvalue weighted by atomic mass is 10.3. The molecule has 0 aliphatic carbocycles. The van der Waals surface area contributed by atoms with Crippen LogP contribution >= 0.6 is 24.2 Å². The zero-order valence-electron chi connectivity index (χ0n) is 10.7. The van der Waals surface area contributed by atoms with E-state index in [1.54, 1.807) is 12.1 Å². The molecule has 0 saturated carbocycles. The van der Waals surface area contributed by atoms with Gasteiger partial charge in [-0.15, -0.1) is 24.2 Å². The van der Waals surface area contributed by atoms with E-state index in [1.807, 2.05) is 17.0 Å². The van der Waals surface area contributed by atoms with Gasteiger partial charge in [-0.25, -0.2) is 0 Å². The lowest BCUT2D eigenvalue weighted by Crippen LogP contribution is -2.35. The predicted octanol–water partition coefficient (Wildman–Crippen LogP) is 1.73. The van der Waals surface area contributed by atoms with Crippen LogP contribution in [-0.2, 0) is 4.79 Å². The third-order valence-electron chi connectivity index (χ3n) is 2.89. The zero-order chi connectivity index (χ0) is 12.8. The molecule has 19 heavy (non-hydrogen) atoms. The molecule has 106 valence electrons. The van der Waals surface area contributed by atoms with Gasteiger partial charge in [0.25, 0.3) is 0 Å². The van der Waals surface area contributed by atoms with Gasteiger partial charge in [0.15, 0.2) is 0 Å². The molecule has 1 aromatic rings. The number of nitrogens with zero attached hydrogens (tertiary/aromatic N) is 1. The third kappa shape index (κ3) is 5.30. The van der Waals surface area contributed by atoms with Crippen molar-refractivity contribution in [2.24, 2.45) is 0 Å². The van der Waals surface area contributed by atoms with Gasteiger partial charge < -0.3 is 15.3 Å². The number of nitrogens with one attached hydrogen (secondary N) is 1. The number of aromatic hydroxyl groups is 1. The van der Waals surface area contributed by atoms with E-state index in [1.165, 1.54) is 11.8 Å². The zero-order valence-corrected chi connectivity index (χ0v) is 12.3. The van der Waals surface area contributed by atoms with E-state index in [-0.39, 0.29) is 24.1 Å². The van der Waals surface area contributed by atoms with Crippen LogP contribution in [-0.4, -0.2) is 47.8 Å². The highest BCUT2D eigenvalue weighted by Gasteiger charge is 2.15. The average molecular weight is 303 g/mol. The molecule has 6 heteroatoms. The number of thioether (sulfide) groups is 1. The summed E-state index contributed by atoms with van der Waals surface area (Å²) in [5, 5.41) is 12.5. The first kappa shape index (κ1) is 16.1. The summed E-state index contributed by atoms with van der Waals surface area (Å²) in [5.41, 5.74) is 0. The van der Waals surface area contributed by atoms with Gasteiger partial charge >= 0.3 is 0 Å². The Kier molecular flexibility index (Phi) is 7.05. The van der Waals surface area contributed by atoms with E-state index in [0.717, 1.165) is 37.5 Å². The fourth-order valence-corrected chi connectivity index (χ4v) is 2.68. The SMILES string of the molecule is Cl.O=C(CSc1ccc(O)cc1)N1CCCNCC1. The molecule has 0 aromatic heterocycles. The molecule has 1 heterocycles. The molecule has 1 aliphatic heterocycles. The van der Waals surface area contributed by atoms with Gasteiger partial charge in [-0.2, -0.15) is 0 Å². The Morgan fingerprint density at radius 3 is 2.74 bits per heavy atom. The average Bonchev–Trinajstić information content (AvgIpc) is 2.66. The monoisotopic (exact) mass is 302 g/mol. The van der Waals surface area contributed by atoms with Crippen molar-refractivity contribution in [2.75, 3.05) is 31.9 Å². The first-order valence-corrected chi connectivity index (χ1v) is 7.14. The molecule has 4 nitrogen and oxygen atoms in total. The van der Waals surface area contributed by atoms with Gasteiger partial charge in [-0.05, 0) is 37.2 Å². The smallest absolute Gasteiger partial charge is 0.232 e. The molecule has 1 aliphatic rings. The number of hydrogen-bond donors (Lipinski definition) is 2. The van der Waals surface area contributed by atoms with Crippen molar-refractivity contribution >= 4 is 30.1 Å². The number of hydrogen-bond acceptors (Lipinski definition) is 4. The fraction of sp³-hybridized carbons (Fsp3) is 0.462. The van der Waals surface area contributed by atoms with Gasteiger partial charge in [0.1, 0.15) is 5.75 Å². The van der Waals surface area contributed by atoms with Crippen LogP contribution in [0.3, 0.4) is 0 Å². The maximum absolute atomic E-state index is 12.0. The van der Waals surface area contributed by atoms with Crippen LogP contribution in [0, 0.1) is 0 Å². The van der Waals surface area contributed by atoms with E-state index in [2.05, 4.69) is 5.32 Å². The molecular weight excluding hydrogens is 284 g/mol. The predicted molar refractivity (Wildman–Crippen MR) is 80.1 cm³/mol. The Morgan fingerprint density at radius 2 is 2.00 bits per heavy atom. The third-order valence-corrected chi connectivity index (χ3v) is 3.89. The van der Waals surface area contributed by atoms with Crippen LogP contribution in [0.25, 0.3) is 0 Å². The Balaban J connectivity index is 0.00000180. The van der Waals surface area contributed by atoms with Crippen LogP contribution in [0.2, 0.25) is 0 Å². The molecule has 2 N–H and O–H groups in total. The summed E-state index contributed by atoms with van der Waals surface area (Å²) in [6.07, 6.45) is 1.02. The highest BCUT2D eigenvalue weighted by molar-refractivity contribution is 8.00. The lowest BCUT2D eigenvalue weighted by Gasteiger charge is -2.19. The van der Waals surface area contributed by atoms with Crippen molar-refractivity contribution < 1.29 is 9.90 Å². The van der Waals surface area contributed by atoms with Gasteiger partial charge in [-0.3, -0.25) is 4.79 Å². The molecule has 0 spiro atoms. The van der Waals surface area contributed by atoms with Gasteiger partial charge in [-0.1, -0.05) is 0 Å². The van der Waals surface area contributed by atoms with Gasteiger partial charge in [0.2, 0.25) is 5.91 Å². The number of carbonyl (C=O) groups excluding carboxylic acids is 1. The minimum absolute atomic E-state index is 0. The van der Waals surface area contributed by atoms with Crippen LogP contribution in [0.1, 0.15) is 6.42 Å². The lowest BCUT2D eigenvalue weighted by molar-refractivity contribution is -0.128. The first-order valence-electron chi connectivity index (χ1n) is 6.16. The highest BCUT2D eigenvalue weighted by Crippen LogP contribution is 2.21. The molecule has 2 rings (SSSR count). The summed E-state index contributed by atoms with van der Waals surface area (Å²) in [5.74, 6) is 0.908. The minimum Gasteiger partial charge on any atom is -0.508 e. The standard InChI is InChI=1S/C13H18N2O2S.ClH/c16-11-2-4-12(5-3-11)18-10-13(17)15-8-1-6-14-7-9-15;/h2-5,14,16H,1,6-10H2;1H. The number of carbonyl (C=O) groups is 1. The molecule has 1 aromatic carbocycles. The molecule has 1 saturated heterocycles. The van der Waals surface area contributed by atoms with E-state index in [0.29, 0.717) is 5.75 Å². The van der Waals surface area contributed by atoms with Crippen molar-refractivity contribution in [2.45, 2.75) is 11.3 Å². The van der Waals surface area contributed by atoms with Crippen molar-refractivity contribution in [3.05, 3.63) is 24.3 Å². The Morgan fingerprint density at radius 1 is 1.26 bits per heavy atom. The van der Waals surface area contributed by atoms with E-state index >= 15 is 0 Å². The molecule has 0 atom stereocenters. The van der Waals surface area contributed by atoms with E-state index in [4.69, 9.17) is 0 Å². The number of halogens is 1. The van der Waals surface area contributed by atoms with Crippen LogP contribution < -0.4 is 5.32 Å². The summed E-state index contributed by atoms with van der Waals surface area (Å²) in [7, 11) is 0. The van der Waals surface area contributed by atoms with Crippen molar-refractivity contribution in [1.82, 2.24) is 10.2 Å². The minimum atomic E-state index is 0. The summed E-state index contributed by atoms with van der Waals surface area (Å²) in [6, 6.07) is 6.94. The van der Waals surface area contributed by atoms with Gasteiger partial charge in [0.05, 0.1) is 5.75 Å². The molecule has 0 bridgehead atoms. The molecule has 0 radical (unpaired) electrons. The number of phenols is 1. The molecule has 1 fully saturated rings. The van der Waals surface area contributed by atoms with Crippen molar-refractivity contribution in [3.8, 4) is 5.75 Å². The van der Waals surface area contributed by atoms with E-state index in [9.17, 15) is 9.90 Å².